The van der Waals surface area contributed by atoms with Crippen LogP contribution in [0.4, 0.5) is 8.78 Å². The van der Waals surface area contributed by atoms with Crippen LogP contribution in [0.25, 0.3) is 11.5 Å². The minimum atomic E-state index is -2.90. The summed E-state index contributed by atoms with van der Waals surface area (Å²) in [5, 5.41) is 6.70. The van der Waals surface area contributed by atoms with Gasteiger partial charge in [0.2, 0.25) is 5.89 Å². The minimum Gasteiger partial charge on any atom is -0.497 e. The lowest BCUT2D eigenvalue weighted by Crippen LogP contribution is -2.23. The zero-order valence-corrected chi connectivity index (χ0v) is 14.9. The number of rotatable bonds is 7. The van der Waals surface area contributed by atoms with Gasteiger partial charge in [-0.2, -0.15) is 8.78 Å². The molecule has 8 nitrogen and oxygen atoms in total. The average Bonchev–Trinajstić information content (AvgIpc) is 3.19. The van der Waals surface area contributed by atoms with Crippen LogP contribution >= 0.6 is 0 Å². The topological polar surface area (TPSA) is 96.5 Å². The van der Waals surface area contributed by atoms with Gasteiger partial charge in [0.05, 0.1) is 20.8 Å². The Morgan fingerprint density at radius 2 is 1.82 bits per heavy atom. The van der Waals surface area contributed by atoms with Crippen molar-refractivity contribution in [3.8, 4) is 23.0 Å². The molecule has 0 unspecified atom stereocenters. The highest BCUT2D eigenvalue weighted by Gasteiger charge is 2.18. The zero-order valence-electron chi connectivity index (χ0n) is 14.9. The van der Waals surface area contributed by atoms with Crippen LogP contribution in [-0.2, 0) is 6.54 Å². The number of carbonyl (C=O) groups excluding carboxylic acids is 1. The van der Waals surface area contributed by atoms with Gasteiger partial charge in [-0.25, -0.2) is 0 Å². The van der Waals surface area contributed by atoms with Crippen LogP contribution in [0.15, 0.2) is 45.7 Å². The van der Waals surface area contributed by atoms with Gasteiger partial charge in [0.1, 0.15) is 11.5 Å². The van der Waals surface area contributed by atoms with Gasteiger partial charge in [0, 0.05) is 29.5 Å². The van der Waals surface area contributed by atoms with Crippen molar-refractivity contribution >= 4 is 5.78 Å². The number of pyridine rings is 1. The van der Waals surface area contributed by atoms with Gasteiger partial charge in [-0.1, -0.05) is 0 Å². The van der Waals surface area contributed by atoms with E-state index in [1.165, 1.54) is 43.2 Å². The Labute approximate surface area is 157 Å². The number of ketones is 1. The summed E-state index contributed by atoms with van der Waals surface area (Å²) in [6.45, 7) is -0.235. The van der Waals surface area contributed by atoms with Crippen LogP contribution in [0.5, 0.6) is 11.5 Å². The standard InChI is InChI=1S/C18H15F2N3O5/c1-26-12-5-11(6-13(8-12)27-2)14(24)9-23-4-3-10(7-15(23)25)17-21-22-18(28-17)16(19)20/h3-8,16H,9H2,1-2H3. The van der Waals surface area contributed by atoms with Crippen molar-refractivity contribution in [2.24, 2.45) is 0 Å². The van der Waals surface area contributed by atoms with Gasteiger partial charge in [-0.15, -0.1) is 10.2 Å². The summed E-state index contributed by atoms with van der Waals surface area (Å²) in [4.78, 5) is 24.8. The molecule has 2 heterocycles. The Balaban J connectivity index is 1.83. The van der Waals surface area contributed by atoms with Crippen molar-refractivity contribution in [1.29, 1.82) is 0 Å². The lowest BCUT2D eigenvalue weighted by atomic mass is 10.1. The Morgan fingerprint density at radius 3 is 2.36 bits per heavy atom. The lowest BCUT2D eigenvalue weighted by Gasteiger charge is -2.09. The molecule has 146 valence electrons. The summed E-state index contributed by atoms with van der Waals surface area (Å²) in [6, 6.07) is 7.24. The number of benzene rings is 1. The molecule has 0 radical (unpaired) electrons. The Kier molecular flexibility index (Phi) is 5.48. The molecule has 0 fully saturated rings. The van der Waals surface area contributed by atoms with E-state index in [9.17, 15) is 18.4 Å². The van der Waals surface area contributed by atoms with E-state index in [1.807, 2.05) is 0 Å². The third kappa shape index (κ3) is 4.05. The second-order valence-corrected chi connectivity index (χ2v) is 5.65. The third-order valence-corrected chi connectivity index (χ3v) is 3.86. The monoisotopic (exact) mass is 391 g/mol. The fourth-order valence-electron chi connectivity index (χ4n) is 2.43. The molecule has 0 atom stereocenters. The SMILES string of the molecule is COc1cc(OC)cc(C(=O)Cn2ccc(-c3nnc(C(F)F)o3)cc2=O)c1. The maximum Gasteiger partial charge on any atom is 0.314 e. The zero-order chi connectivity index (χ0) is 20.3. The van der Waals surface area contributed by atoms with Crippen LogP contribution in [0.1, 0.15) is 22.7 Å². The first-order valence-electron chi connectivity index (χ1n) is 8.00. The van der Waals surface area contributed by atoms with Crippen molar-refractivity contribution in [2.45, 2.75) is 13.0 Å². The van der Waals surface area contributed by atoms with E-state index in [4.69, 9.17) is 13.9 Å². The molecule has 10 heteroatoms. The molecule has 1 aromatic carbocycles. The highest BCUT2D eigenvalue weighted by Crippen LogP contribution is 2.24. The number of nitrogens with zero attached hydrogens (tertiary/aromatic N) is 3. The summed E-state index contributed by atoms with van der Waals surface area (Å²) >= 11 is 0. The van der Waals surface area contributed by atoms with Gasteiger partial charge in [-0.3, -0.25) is 9.59 Å². The highest BCUT2D eigenvalue weighted by atomic mass is 19.3. The van der Waals surface area contributed by atoms with Crippen molar-refractivity contribution in [1.82, 2.24) is 14.8 Å². The molecule has 3 aromatic rings. The smallest absolute Gasteiger partial charge is 0.314 e. The number of methoxy groups -OCH3 is 2. The molecule has 0 bridgehead atoms. The van der Waals surface area contributed by atoms with E-state index in [1.54, 1.807) is 6.07 Å². The largest absolute Gasteiger partial charge is 0.497 e. The van der Waals surface area contributed by atoms with Gasteiger partial charge in [-0.05, 0) is 18.2 Å². The predicted octanol–water partition coefficient (Wildman–Crippen LogP) is 2.74. The number of Topliss-reactive ketones (excluding diaryl/α,β-unsaturated/α-hetero) is 1. The molecule has 0 amide bonds. The fourth-order valence-corrected chi connectivity index (χ4v) is 2.43. The Morgan fingerprint density at radius 1 is 1.14 bits per heavy atom. The van der Waals surface area contributed by atoms with E-state index >= 15 is 0 Å². The lowest BCUT2D eigenvalue weighted by molar-refractivity contribution is 0.0970. The maximum absolute atomic E-state index is 12.5. The van der Waals surface area contributed by atoms with E-state index in [2.05, 4.69) is 10.2 Å². The van der Waals surface area contributed by atoms with Crippen LogP contribution < -0.4 is 15.0 Å². The van der Waals surface area contributed by atoms with Crippen molar-refractivity contribution in [3.05, 3.63) is 58.3 Å². The van der Waals surface area contributed by atoms with Crippen molar-refractivity contribution in [3.63, 3.8) is 0 Å². The molecule has 0 saturated carbocycles. The number of halogens is 2. The van der Waals surface area contributed by atoms with Crippen LogP contribution in [0, 0.1) is 0 Å². The van der Waals surface area contributed by atoms with Crippen LogP contribution in [0.2, 0.25) is 0 Å². The molecule has 0 N–H and O–H groups in total. The molecular formula is C18H15F2N3O5. The molecule has 0 spiro atoms. The Bertz CT molecular complexity index is 1040. The van der Waals surface area contributed by atoms with E-state index < -0.39 is 17.9 Å². The van der Waals surface area contributed by atoms with E-state index in [0.29, 0.717) is 17.1 Å². The summed E-state index contributed by atoms with van der Waals surface area (Å²) in [5.41, 5.74) is -0.0423. The number of alkyl halides is 2. The molecule has 3 rings (SSSR count). The first-order valence-corrected chi connectivity index (χ1v) is 8.00. The molecule has 28 heavy (non-hydrogen) atoms. The molecular weight excluding hydrogens is 376 g/mol. The minimum absolute atomic E-state index is 0.177. The third-order valence-electron chi connectivity index (χ3n) is 3.86. The fraction of sp³-hybridized carbons (Fsp3) is 0.222. The first kappa shape index (κ1) is 19.2. The number of carbonyl (C=O) groups is 1. The first-order chi connectivity index (χ1) is 13.4. The quantitative estimate of drug-likeness (QED) is 0.571. The number of hydrogen-bond donors (Lipinski definition) is 0. The average molecular weight is 391 g/mol. The normalized spacial score (nSPS) is 10.9. The van der Waals surface area contributed by atoms with Crippen molar-refractivity contribution in [2.75, 3.05) is 14.2 Å². The van der Waals surface area contributed by atoms with Crippen molar-refractivity contribution < 1.29 is 27.5 Å². The summed E-state index contributed by atoms with van der Waals surface area (Å²) < 4.78 is 41.3. The Hall–Kier alpha value is -3.56. The predicted molar refractivity (Wildman–Crippen MR) is 92.8 cm³/mol. The number of aromatic nitrogens is 3. The molecule has 2 aromatic heterocycles. The highest BCUT2D eigenvalue weighted by molar-refractivity contribution is 5.96. The van der Waals surface area contributed by atoms with E-state index in [-0.39, 0.29) is 23.8 Å². The van der Waals surface area contributed by atoms with Gasteiger partial charge < -0.3 is 18.5 Å². The summed E-state index contributed by atoms with van der Waals surface area (Å²) in [5.74, 6) is -0.497. The summed E-state index contributed by atoms with van der Waals surface area (Å²) in [7, 11) is 2.92. The van der Waals surface area contributed by atoms with Crippen LogP contribution in [0.3, 0.4) is 0 Å². The second kappa shape index (κ2) is 7.99. The van der Waals surface area contributed by atoms with Gasteiger partial charge >= 0.3 is 6.43 Å². The van der Waals surface area contributed by atoms with Crippen LogP contribution in [-0.4, -0.2) is 34.8 Å². The van der Waals surface area contributed by atoms with Gasteiger partial charge in [0.15, 0.2) is 5.78 Å². The summed E-state index contributed by atoms with van der Waals surface area (Å²) in [6.07, 6.45) is -1.56. The molecule has 0 aliphatic carbocycles. The van der Waals surface area contributed by atoms with Gasteiger partial charge in [0.25, 0.3) is 11.4 Å². The second-order valence-electron chi connectivity index (χ2n) is 5.65. The molecule has 0 aliphatic rings. The molecule has 0 aliphatic heterocycles. The van der Waals surface area contributed by atoms with E-state index in [0.717, 1.165) is 6.07 Å². The number of ether oxygens (including phenoxy) is 2. The number of hydrogen-bond acceptors (Lipinski definition) is 7. The maximum atomic E-state index is 12.5. The molecule has 0 saturated heterocycles.